The van der Waals surface area contributed by atoms with Gasteiger partial charge in [0, 0.05) is 5.56 Å². The monoisotopic (exact) mass is 599 g/mol. The van der Waals surface area contributed by atoms with Gasteiger partial charge in [0.25, 0.3) is 0 Å². The van der Waals surface area contributed by atoms with Crippen LogP contribution in [-0.4, -0.2) is 15.0 Å². The molecule has 0 aliphatic rings. The van der Waals surface area contributed by atoms with Crippen molar-refractivity contribution < 1.29 is 0 Å². The van der Waals surface area contributed by atoms with Gasteiger partial charge in [-0.15, -0.1) is 0 Å². The molecule has 0 amide bonds. The van der Waals surface area contributed by atoms with Crippen molar-refractivity contribution in [3.8, 4) is 44.8 Å². The number of hydrogen-bond acceptors (Lipinski definition) is 3. The molecule has 0 saturated carbocycles. The number of nitrogens with zero attached hydrogens (tertiary/aromatic N) is 3. The molecule has 1 aromatic heterocycles. The van der Waals surface area contributed by atoms with E-state index < -0.39 is 0 Å². The Morgan fingerprint density at radius 2 is 0.851 bits per heavy atom. The summed E-state index contributed by atoms with van der Waals surface area (Å²) in [5, 5.41) is 9.94. The summed E-state index contributed by atoms with van der Waals surface area (Å²) in [6.07, 6.45) is 1.57. The maximum Gasteiger partial charge on any atom is 0.162 e. The first-order chi connectivity index (χ1) is 23.2. The van der Waals surface area contributed by atoms with Crippen molar-refractivity contribution in [1.82, 2.24) is 15.0 Å². The minimum atomic E-state index is 0.688. The number of hydrogen-bond donors (Lipinski definition) is 0. The zero-order chi connectivity index (χ0) is 31.3. The van der Waals surface area contributed by atoms with Gasteiger partial charge in [-0.05, 0) is 102 Å². The van der Waals surface area contributed by atoms with Crippen molar-refractivity contribution in [3.63, 3.8) is 0 Å². The zero-order valence-corrected chi connectivity index (χ0v) is 25.9. The fourth-order valence-corrected chi connectivity index (χ4v) is 7.00. The van der Waals surface area contributed by atoms with E-state index in [9.17, 15) is 0 Å². The number of aromatic nitrogens is 3. The van der Waals surface area contributed by atoms with E-state index in [0.29, 0.717) is 11.6 Å². The molecule has 0 aliphatic carbocycles. The lowest BCUT2D eigenvalue weighted by molar-refractivity contribution is 0.983. The second kappa shape index (κ2) is 11.0. The van der Waals surface area contributed by atoms with Crippen molar-refractivity contribution in [2.45, 2.75) is 6.92 Å². The van der Waals surface area contributed by atoms with Crippen LogP contribution >= 0.6 is 0 Å². The highest BCUT2D eigenvalue weighted by atomic mass is 15.0. The molecule has 0 spiro atoms. The Hall–Kier alpha value is -6.19. The topological polar surface area (TPSA) is 38.7 Å². The number of rotatable bonds is 4. The fourth-order valence-electron chi connectivity index (χ4n) is 7.00. The molecule has 0 unspecified atom stereocenters. The average molecular weight is 600 g/mol. The van der Waals surface area contributed by atoms with Crippen LogP contribution in [0.2, 0.25) is 0 Å². The molecule has 3 nitrogen and oxygen atoms in total. The van der Waals surface area contributed by atoms with Crippen LogP contribution in [-0.2, 0) is 0 Å². The van der Waals surface area contributed by atoms with Gasteiger partial charge in [0.2, 0.25) is 0 Å². The maximum atomic E-state index is 4.52. The van der Waals surface area contributed by atoms with Gasteiger partial charge >= 0.3 is 0 Å². The minimum absolute atomic E-state index is 0.688. The second-order valence-electron chi connectivity index (χ2n) is 12.1. The molecule has 0 aliphatic heterocycles. The van der Waals surface area contributed by atoms with Gasteiger partial charge in [-0.1, -0.05) is 133 Å². The third-order valence-electron chi connectivity index (χ3n) is 9.27. The zero-order valence-electron chi connectivity index (χ0n) is 25.9. The van der Waals surface area contributed by atoms with Crippen LogP contribution in [0.15, 0.2) is 158 Å². The molecule has 9 rings (SSSR count). The van der Waals surface area contributed by atoms with Crippen LogP contribution < -0.4 is 0 Å². The molecular formula is C44H29N3. The first kappa shape index (κ1) is 27.1. The molecule has 0 atom stereocenters. The first-order valence-electron chi connectivity index (χ1n) is 15.9. The van der Waals surface area contributed by atoms with Crippen LogP contribution in [0.1, 0.15) is 5.82 Å². The summed E-state index contributed by atoms with van der Waals surface area (Å²) in [7, 11) is 0. The predicted molar refractivity (Wildman–Crippen MR) is 196 cm³/mol. The standard InChI is InChI=1S/C44H29N3/c1-28-45-27-46-44(47-28)32-18-14-31(15-19-32)35-22-23-40-41(26-35)43(37-21-17-30-9-3-5-11-34(30)25-37)39-13-7-6-12-38(39)42(40)36-20-16-29-8-2-4-10-33(29)24-36/h2-27H,1H3. The molecule has 0 N–H and O–H groups in total. The Morgan fingerprint density at radius 3 is 1.47 bits per heavy atom. The van der Waals surface area contributed by atoms with Gasteiger partial charge in [0.1, 0.15) is 12.2 Å². The van der Waals surface area contributed by atoms with Crippen molar-refractivity contribution in [2.24, 2.45) is 0 Å². The molecule has 47 heavy (non-hydrogen) atoms. The third-order valence-corrected chi connectivity index (χ3v) is 9.27. The highest BCUT2D eigenvalue weighted by Crippen LogP contribution is 2.45. The minimum Gasteiger partial charge on any atom is -0.222 e. The van der Waals surface area contributed by atoms with Crippen molar-refractivity contribution in [3.05, 3.63) is 164 Å². The summed E-state index contributed by atoms with van der Waals surface area (Å²) >= 11 is 0. The van der Waals surface area contributed by atoms with Crippen LogP contribution in [0.4, 0.5) is 0 Å². The Balaban J connectivity index is 1.32. The van der Waals surface area contributed by atoms with E-state index in [1.54, 1.807) is 6.33 Å². The lowest BCUT2D eigenvalue weighted by Crippen LogP contribution is -1.94. The molecule has 9 aromatic rings. The van der Waals surface area contributed by atoms with Gasteiger partial charge in [0.05, 0.1) is 0 Å². The van der Waals surface area contributed by atoms with E-state index in [2.05, 4.69) is 167 Å². The molecule has 3 heteroatoms. The largest absolute Gasteiger partial charge is 0.222 e. The van der Waals surface area contributed by atoms with Gasteiger partial charge in [-0.3, -0.25) is 0 Å². The summed E-state index contributed by atoms with van der Waals surface area (Å²) in [6, 6.07) is 55.2. The quantitative estimate of drug-likeness (QED) is 0.189. The molecule has 1 heterocycles. The molecule has 8 aromatic carbocycles. The van der Waals surface area contributed by atoms with Crippen molar-refractivity contribution in [2.75, 3.05) is 0 Å². The molecular weight excluding hydrogens is 571 g/mol. The maximum absolute atomic E-state index is 4.52. The third kappa shape index (κ3) is 4.72. The van der Waals surface area contributed by atoms with Crippen LogP contribution in [0.25, 0.3) is 87.9 Å². The summed E-state index contributed by atoms with van der Waals surface area (Å²) in [4.78, 5) is 13.1. The van der Waals surface area contributed by atoms with E-state index in [4.69, 9.17) is 0 Å². The lowest BCUT2D eigenvalue weighted by atomic mass is 9.84. The van der Waals surface area contributed by atoms with Gasteiger partial charge in [-0.2, -0.15) is 0 Å². The van der Waals surface area contributed by atoms with E-state index in [1.807, 2.05) is 6.92 Å². The predicted octanol–water partition coefficient (Wildman–Crippen LogP) is 11.5. The Kier molecular flexibility index (Phi) is 6.36. The van der Waals surface area contributed by atoms with Gasteiger partial charge in [0.15, 0.2) is 5.82 Å². The van der Waals surface area contributed by atoms with E-state index in [1.165, 1.54) is 65.3 Å². The van der Waals surface area contributed by atoms with E-state index >= 15 is 0 Å². The molecule has 0 saturated heterocycles. The summed E-state index contributed by atoms with van der Waals surface area (Å²) in [5.41, 5.74) is 8.24. The van der Waals surface area contributed by atoms with E-state index in [0.717, 1.165) is 16.7 Å². The SMILES string of the molecule is Cc1ncnc(-c2ccc(-c3ccc4c(-c5ccc6ccccc6c5)c5ccccc5c(-c5ccc6ccccc6c5)c4c3)cc2)n1. The Labute approximate surface area is 272 Å². The highest BCUT2D eigenvalue weighted by Gasteiger charge is 2.18. The fraction of sp³-hybridized carbons (Fsp3) is 0.0227. The molecule has 0 radical (unpaired) electrons. The van der Waals surface area contributed by atoms with Crippen molar-refractivity contribution in [1.29, 1.82) is 0 Å². The molecule has 0 fully saturated rings. The van der Waals surface area contributed by atoms with Crippen molar-refractivity contribution >= 4 is 43.1 Å². The second-order valence-corrected chi connectivity index (χ2v) is 12.1. The average Bonchev–Trinajstić information content (AvgIpc) is 3.13. The normalized spacial score (nSPS) is 11.5. The Morgan fingerprint density at radius 1 is 0.362 bits per heavy atom. The van der Waals surface area contributed by atoms with Crippen LogP contribution in [0.3, 0.4) is 0 Å². The Bertz CT molecular complexity index is 2640. The van der Waals surface area contributed by atoms with E-state index in [-0.39, 0.29) is 0 Å². The van der Waals surface area contributed by atoms with Gasteiger partial charge in [-0.25, -0.2) is 15.0 Å². The lowest BCUT2D eigenvalue weighted by Gasteiger charge is -2.19. The number of fused-ring (bicyclic) bond motifs is 4. The first-order valence-corrected chi connectivity index (χ1v) is 15.9. The smallest absolute Gasteiger partial charge is 0.162 e. The van der Waals surface area contributed by atoms with Crippen LogP contribution in [0.5, 0.6) is 0 Å². The highest BCUT2D eigenvalue weighted by molar-refractivity contribution is 6.22. The molecule has 220 valence electrons. The van der Waals surface area contributed by atoms with Crippen LogP contribution in [0, 0.1) is 6.92 Å². The van der Waals surface area contributed by atoms with Gasteiger partial charge < -0.3 is 0 Å². The number of aryl methyl sites for hydroxylation is 1. The summed E-state index contributed by atoms with van der Waals surface area (Å²) in [5.74, 6) is 1.40. The summed E-state index contributed by atoms with van der Waals surface area (Å²) in [6.45, 7) is 1.89. The molecule has 0 bridgehead atoms. The summed E-state index contributed by atoms with van der Waals surface area (Å²) < 4.78 is 0. The number of benzene rings is 8.